The molecule has 3 heteroatoms. The lowest BCUT2D eigenvalue weighted by atomic mass is 10.0. The van der Waals surface area contributed by atoms with Crippen molar-refractivity contribution in [2.45, 2.75) is 32.7 Å². The lowest BCUT2D eigenvalue weighted by molar-refractivity contribution is 0.620. The molecule has 0 amide bonds. The van der Waals surface area contributed by atoms with Gasteiger partial charge in [0, 0.05) is 22.1 Å². The molecule has 17 heavy (non-hydrogen) atoms. The van der Waals surface area contributed by atoms with Gasteiger partial charge in [0.15, 0.2) is 0 Å². The second-order valence-corrected chi connectivity index (χ2v) is 5.73. The summed E-state index contributed by atoms with van der Waals surface area (Å²) >= 11 is 3.63. The number of aryl methyl sites for hydroxylation is 2. The van der Waals surface area contributed by atoms with Crippen molar-refractivity contribution in [3.8, 4) is 0 Å². The van der Waals surface area contributed by atoms with Crippen molar-refractivity contribution < 1.29 is 0 Å². The minimum atomic E-state index is 0.724. The molecule has 0 bridgehead atoms. The van der Waals surface area contributed by atoms with E-state index in [4.69, 9.17) is 5.73 Å². The molecule has 90 valence electrons. The van der Waals surface area contributed by atoms with Gasteiger partial charge < -0.3 is 10.3 Å². The van der Waals surface area contributed by atoms with E-state index < -0.39 is 0 Å². The molecule has 1 aromatic heterocycles. The molecule has 2 nitrogen and oxygen atoms in total. The van der Waals surface area contributed by atoms with Crippen LogP contribution in [0.2, 0.25) is 0 Å². The van der Waals surface area contributed by atoms with E-state index in [-0.39, 0.29) is 0 Å². The molecule has 2 heterocycles. The zero-order valence-corrected chi connectivity index (χ0v) is 11.7. The van der Waals surface area contributed by atoms with E-state index in [1.54, 1.807) is 0 Å². The summed E-state index contributed by atoms with van der Waals surface area (Å²) in [5.41, 5.74) is 11.5. The molecule has 0 fully saturated rings. The van der Waals surface area contributed by atoms with Gasteiger partial charge in [0.05, 0.1) is 5.52 Å². The minimum absolute atomic E-state index is 0.724. The first-order valence-corrected chi connectivity index (χ1v) is 7.02. The van der Waals surface area contributed by atoms with Crippen LogP contribution in [0.4, 0.5) is 0 Å². The highest BCUT2D eigenvalue weighted by atomic mass is 79.9. The molecule has 0 spiro atoms. The summed E-state index contributed by atoms with van der Waals surface area (Å²) in [5.74, 6) is 0. The van der Waals surface area contributed by atoms with Crippen LogP contribution in [-0.2, 0) is 19.4 Å². The number of halogens is 1. The normalized spacial score (nSPS) is 14.5. The first kappa shape index (κ1) is 11.3. The van der Waals surface area contributed by atoms with Gasteiger partial charge in [-0.15, -0.1) is 0 Å². The maximum atomic E-state index is 5.74. The van der Waals surface area contributed by atoms with Crippen molar-refractivity contribution in [1.29, 1.82) is 0 Å². The molecule has 0 unspecified atom stereocenters. The summed E-state index contributed by atoms with van der Waals surface area (Å²) in [6.07, 6.45) is 3.42. The van der Waals surface area contributed by atoms with Crippen molar-refractivity contribution in [2.75, 3.05) is 6.54 Å². The van der Waals surface area contributed by atoms with Crippen LogP contribution in [-0.4, -0.2) is 11.1 Å². The predicted octanol–water partition coefficient (Wildman–Crippen LogP) is 3.16. The summed E-state index contributed by atoms with van der Waals surface area (Å²) in [7, 11) is 0. The summed E-state index contributed by atoms with van der Waals surface area (Å²) in [6.45, 7) is 4.11. The van der Waals surface area contributed by atoms with Gasteiger partial charge in [-0.1, -0.05) is 15.9 Å². The number of nitrogens with zero attached hydrogens (tertiary/aromatic N) is 1. The van der Waals surface area contributed by atoms with Gasteiger partial charge >= 0.3 is 0 Å². The summed E-state index contributed by atoms with van der Waals surface area (Å²) < 4.78 is 3.67. The molecule has 1 aliphatic rings. The van der Waals surface area contributed by atoms with E-state index in [9.17, 15) is 0 Å². The molecular formula is C14H17BrN2. The number of benzene rings is 1. The van der Waals surface area contributed by atoms with E-state index in [2.05, 4.69) is 39.6 Å². The van der Waals surface area contributed by atoms with Crippen molar-refractivity contribution in [1.82, 2.24) is 4.57 Å². The monoisotopic (exact) mass is 292 g/mol. The first-order chi connectivity index (χ1) is 8.22. The quantitative estimate of drug-likeness (QED) is 0.906. The number of rotatable bonds is 2. The smallest absolute Gasteiger partial charge is 0.0518 e. The maximum absolute atomic E-state index is 5.74. The molecule has 3 rings (SSSR count). The largest absolute Gasteiger partial charge is 0.344 e. The molecule has 0 radical (unpaired) electrons. The van der Waals surface area contributed by atoms with Gasteiger partial charge in [0.2, 0.25) is 0 Å². The Morgan fingerprint density at radius 1 is 1.41 bits per heavy atom. The Labute approximate surface area is 110 Å². The van der Waals surface area contributed by atoms with Crippen LogP contribution in [0, 0.1) is 6.92 Å². The SMILES string of the molecule is Cc1c(CCN)c2cc(Br)cc3c2n1CCC3. The first-order valence-electron chi connectivity index (χ1n) is 6.22. The van der Waals surface area contributed by atoms with Gasteiger partial charge in [0.1, 0.15) is 0 Å². The molecule has 0 saturated heterocycles. The fourth-order valence-corrected chi connectivity index (χ4v) is 3.59. The Kier molecular flexibility index (Phi) is 2.75. The molecule has 0 atom stereocenters. The Morgan fingerprint density at radius 2 is 2.24 bits per heavy atom. The van der Waals surface area contributed by atoms with Gasteiger partial charge in [-0.3, -0.25) is 0 Å². The van der Waals surface area contributed by atoms with E-state index in [0.29, 0.717) is 0 Å². The number of aromatic nitrogens is 1. The lowest BCUT2D eigenvalue weighted by Gasteiger charge is -2.17. The van der Waals surface area contributed by atoms with Crippen LogP contribution < -0.4 is 5.73 Å². The zero-order chi connectivity index (χ0) is 12.0. The number of nitrogens with two attached hydrogens (primary N) is 1. The number of hydrogen-bond donors (Lipinski definition) is 1. The minimum Gasteiger partial charge on any atom is -0.344 e. The topological polar surface area (TPSA) is 30.9 Å². The summed E-state index contributed by atoms with van der Waals surface area (Å²) in [5, 5.41) is 1.40. The van der Waals surface area contributed by atoms with E-state index in [1.165, 1.54) is 45.0 Å². The summed E-state index contributed by atoms with van der Waals surface area (Å²) in [4.78, 5) is 0. The van der Waals surface area contributed by atoms with Crippen LogP contribution in [0.1, 0.15) is 23.2 Å². The number of hydrogen-bond acceptors (Lipinski definition) is 1. The van der Waals surface area contributed by atoms with Gasteiger partial charge in [0.25, 0.3) is 0 Å². The molecule has 2 aromatic rings. The Morgan fingerprint density at radius 3 is 3.00 bits per heavy atom. The standard InChI is InChI=1S/C14H17BrN2/c1-9-12(4-5-16)13-8-11(15)7-10-3-2-6-17(9)14(10)13/h7-8H,2-6,16H2,1H3. The maximum Gasteiger partial charge on any atom is 0.0518 e. The van der Waals surface area contributed by atoms with Crippen molar-refractivity contribution in [3.05, 3.63) is 33.4 Å². The van der Waals surface area contributed by atoms with Crippen LogP contribution in [0.25, 0.3) is 10.9 Å². The predicted molar refractivity (Wildman–Crippen MR) is 75.5 cm³/mol. The van der Waals surface area contributed by atoms with E-state index in [1.807, 2.05) is 0 Å². The highest BCUT2D eigenvalue weighted by molar-refractivity contribution is 9.10. The van der Waals surface area contributed by atoms with Crippen LogP contribution in [0.15, 0.2) is 16.6 Å². The molecular weight excluding hydrogens is 276 g/mol. The second kappa shape index (κ2) is 4.14. The zero-order valence-electron chi connectivity index (χ0n) is 10.1. The Hall–Kier alpha value is -0.800. The average molecular weight is 293 g/mol. The van der Waals surface area contributed by atoms with Gasteiger partial charge in [-0.25, -0.2) is 0 Å². The highest BCUT2D eigenvalue weighted by Crippen LogP contribution is 2.35. The Bertz CT molecular complexity index is 584. The van der Waals surface area contributed by atoms with Crippen molar-refractivity contribution in [3.63, 3.8) is 0 Å². The molecule has 1 aromatic carbocycles. The lowest BCUT2D eigenvalue weighted by Crippen LogP contribution is -2.09. The second-order valence-electron chi connectivity index (χ2n) is 4.82. The Balaban J connectivity index is 2.39. The third-order valence-corrected chi connectivity index (χ3v) is 4.27. The molecule has 0 saturated carbocycles. The van der Waals surface area contributed by atoms with E-state index in [0.717, 1.165) is 19.5 Å². The van der Waals surface area contributed by atoms with Crippen molar-refractivity contribution in [2.24, 2.45) is 5.73 Å². The van der Waals surface area contributed by atoms with Crippen LogP contribution in [0.5, 0.6) is 0 Å². The third kappa shape index (κ3) is 1.64. The van der Waals surface area contributed by atoms with Crippen molar-refractivity contribution >= 4 is 26.8 Å². The van der Waals surface area contributed by atoms with Crippen LogP contribution in [0.3, 0.4) is 0 Å². The van der Waals surface area contributed by atoms with Gasteiger partial charge in [-0.05, 0) is 56.0 Å². The highest BCUT2D eigenvalue weighted by Gasteiger charge is 2.19. The summed E-state index contributed by atoms with van der Waals surface area (Å²) in [6, 6.07) is 4.52. The fraction of sp³-hybridized carbons (Fsp3) is 0.429. The molecule has 2 N–H and O–H groups in total. The van der Waals surface area contributed by atoms with Crippen LogP contribution >= 0.6 is 15.9 Å². The van der Waals surface area contributed by atoms with E-state index >= 15 is 0 Å². The molecule has 1 aliphatic heterocycles. The third-order valence-electron chi connectivity index (χ3n) is 3.81. The fourth-order valence-electron chi connectivity index (χ4n) is 3.09. The molecule has 0 aliphatic carbocycles. The van der Waals surface area contributed by atoms with Gasteiger partial charge in [-0.2, -0.15) is 0 Å². The average Bonchev–Trinajstić information content (AvgIpc) is 2.57.